The molecule has 2 aromatic heterocycles. The van der Waals surface area contributed by atoms with Gasteiger partial charge in [0.15, 0.2) is 5.69 Å². The highest BCUT2D eigenvalue weighted by molar-refractivity contribution is 6.11. The number of amides is 2. The van der Waals surface area contributed by atoms with E-state index in [-0.39, 0.29) is 17.5 Å². The molecule has 3 aromatic rings. The Hall–Kier alpha value is -3.88. The Balaban J connectivity index is 1.95. The number of nitrogens with zero attached hydrogens (tertiary/aromatic N) is 2. The van der Waals surface area contributed by atoms with Crippen LogP contribution in [0.25, 0.3) is 11.0 Å². The van der Waals surface area contributed by atoms with Crippen LogP contribution >= 0.6 is 0 Å². The zero-order valence-corrected chi connectivity index (χ0v) is 20.2. The molecule has 0 saturated carbocycles. The Bertz CT molecular complexity index is 1200. The van der Waals surface area contributed by atoms with E-state index < -0.39 is 5.97 Å². The number of carbonyl (C=O) groups is 3. The van der Waals surface area contributed by atoms with E-state index in [1.807, 2.05) is 34.9 Å². The summed E-state index contributed by atoms with van der Waals surface area (Å²) in [7, 11) is 1.32. The summed E-state index contributed by atoms with van der Waals surface area (Å²) in [6, 6.07) is 9.39. The predicted octanol–water partition coefficient (Wildman–Crippen LogP) is 4.40. The van der Waals surface area contributed by atoms with Crippen molar-refractivity contribution in [1.82, 2.24) is 9.55 Å². The molecule has 0 aliphatic rings. The van der Waals surface area contributed by atoms with Crippen LogP contribution in [0.15, 0.2) is 36.5 Å². The summed E-state index contributed by atoms with van der Waals surface area (Å²) in [5.41, 5.74) is 3.77. The number of carbonyl (C=O) groups excluding carboxylic acids is 3. The predicted molar refractivity (Wildman–Crippen MR) is 133 cm³/mol. The number of ether oxygens (including phenoxy) is 1. The van der Waals surface area contributed by atoms with Crippen molar-refractivity contribution < 1.29 is 19.1 Å². The largest absolute Gasteiger partial charge is 0.464 e. The van der Waals surface area contributed by atoms with Gasteiger partial charge in [-0.1, -0.05) is 26.0 Å². The summed E-state index contributed by atoms with van der Waals surface area (Å²) in [5.74, 6) is -0.512. The average molecular weight is 466 g/mol. The van der Waals surface area contributed by atoms with Crippen LogP contribution in [0.3, 0.4) is 0 Å². The molecule has 180 valence electrons. The number of hydrogen-bond acceptors (Lipinski definition) is 6. The van der Waals surface area contributed by atoms with Gasteiger partial charge in [-0.15, -0.1) is 0 Å². The maximum absolute atomic E-state index is 12.7. The highest BCUT2D eigenvalue weighted by atomic mass is 16.5. The first-order chi connectivity index (χ1) is 16.2. The minimum atomic E-state index is -0.528. The molecule has 0 radical (unpaired) electrons. The second kappa shape index (κ2) is 10.8. The maximum atomic E-state index is 12.7. The smallest absolute Gasteiger partial charge is 0.356 e. The van der Waals surface area contributed by atoms with Crippen molar-refractivity contribution in [3.05, 3.63) is 47.8 Å². The van der Waals surface area contributed by atoms with E-state index in [2.05, 4.69) is 34.8 Å². The molecule has 3 N–H and O–H groups in total. The molecule has 9 heteroatoms. The van der Waals surface area contributed by atoms with Gasteiger partial charge in [0.2, 0.25) is 11.8 Å². The van der Waals surface area contributed by atoms with Crippen LogP contribution in [0.4, 0.5) is 17.1 Å². The molecule has 0 aliphatic heterocycles. The van der Waals surface area contributed by atoms with Gasteiger partial charge in [-0.05, 0) is 36.1 Å². The van der Waals surface area contributed by atoms with E-state index in [0.29, 0.717) is 35.7 Å². The van der Waals surface area contributed by atoms with Gasteiger partial charge in [0.05, 0.1) is 24.7 Å². The number of fused-ring (bicyclic) bond motifs is 1. The van der Waals surface area contributed by atoms with Crippen LogP contribution in [0, 0.1) is 5.92 Å². The molecule has 0 unspecified atom stereocenters. The molecular formula is C25H31N5O4. The molecule has 0 spiro atoms. The summed E-state index contributed by atoms with van der Waals surface area (Å²) in [5, 5.41) is 9.53. The zero-order valence-electron chi connectivity index (χ0n) is 20.2. The fourth-order valence-electron chi connectivity index (χ4n) is 3.65. The number of aromatic nitrogens is 2. The van der Waals surface area contributed by atoms with E-state index in [1.165, 1.54) is 21.0 Å². The monoisotopic (exact) mass is 465 g/mol. The van der Waals surface area contributed by atoms with Crippen molar-refractivity contribution in [3.63, 3.8) is 0 Å². The van der Waals surface area contributed by atoms with Gasteiger partial charge in [0.25, 0.3) is 0 Å². The van der Waals surface area contributed by atoms with E-state index in [9.17, 15) is 14.4 Å². The third-order valence-corrected chi connectivity index (χ3v) is 5.28. The summed E-state index contributed by atoms with van der Waals surface area (Å²) >= 11 is 0. The molecule has 3 rings (SSSR count). The molecule has 2 heterocycles. The molecule has 0 fully saturated rings. The normalized spacial score (nSPS) is 10.9. The quantitative estimate of drug-likeness (QED) is 0.404. The summed E-state index contributed by atoms with van der Waals surface area (Å²) in [4.78, 5) is 40.4. The van der Waals surface area contributed by atoms with Gasteiger partial charge in [-0.25, -0.2) is 9.78 Å². The highest BCUT2D eigenvalue weighted by Gasteiger charge is 2.25. The van der Waals surface area contributed by atoms with Gasteiger partial charge in [0, 0.05) is 38.0 Å². The number of anilines is 3. The minimum Gasteiger partial charge on any atom is -0.464 e. The van der Waals surface area contributed by atoms with Crippen molar-refractivity contribution in [2.75, 3.05) is 23.1 Å². The van der Waals surface area contributed by atoms with E-state index in [1.54, 1.807) is 6.20 Å². The summed E-state index contributed by atoms with van der Waals surface area (Å²) in [6.07, 6.45) is 2.54. The highest BCUT2D eigenvalue weighted by Crippen LogP contribution is 2.33. The molecule has 34 heavy (non-hydrogen) atoms. The van der Waals surface area contributed by atoms with Gasteiger partial charge >= 0.3 is 5.97 Å². The molecule has 1 aromatic carbocycles. The third-order valence-electron chi connectivity index (χ3n) is 5.28. The number of benzene rings is 1. The second-order valence-electron chi connectivity index (χ2n) is 8.56. The van der Waals surface area contributed by atoms with Gasteiger partial charge in [-0.2, -0.15) is 0 Å². The number of aryl methyl sites for hydroxylation is 1. The van der Waals surface area contributed by atoms with E-state index in [0.717, 1.165) is 23.4 Å². The Morgan fingerprint density at radius 2 is 1.71 bits per heavy atom. The molecule has 0 bridgehead atoms. The Kier molecular flexibility index (Phi) is 7.88. The first kappa shape index (κ1) is 24.8. The SMILES string of the molecule is COC(=O)c1c(NC(C)=O)c2cc(NCc3ccc(NC(C)=O)cc3)cnc2n1CCC(C)C. The standard InChI is InChI=1S/C25H31N5O4/c1-15(2)10-11-30-23(25(33)34-5)22(29-17(4)32)21-12-20(14-27-24(21)30)26-13-18-6-8-19(9-7-18)28-16(3)31/h6-9,12,14-15,26H,10-11,13H2,1-5H3,(H,28,31)(H,29,32). The molecule has 0 saturated heterocycles. The lowest BCUT2D eigenvalue weighted by Crippen LogP contribution is -2.16. The van der Waals surface area contributed by atoms with Crippen LogP contribution < -0.4 is 16.0 Å². The van der Waals surface area contributed by atoms with Gasteiger partial charge < -0.3 is 25.3 Å². The average Bonchev–Trinajstić information content (AvgIpc) is 3.08. The van der Waals surface area contributed by atoms with Crippen LogP contribution in [0.1, 0.15) is 50.2 Å². The minimum absolute atomic E-state index is 0.119. The van der Waals surface area contributed by atoms with Crippen molar-refractivity contribution in [3.8, 4) is 0 Å². The van der Waals surface area contributed by atoms with E-state index >= 15 is 0 Å². The number of esters is 1. The maximum Gasteiger partial charge on any atom is 0.356 e. The number of nitrogens with one attached hydrogen (secondary N) is 3. The number of rotatable bonds is 9. The lowest BCUT2D eigenvalue weighted by atomic mass is 10.1. The molecular weight excluding hydrogens is 434 g/mol. The fourth-order valence-corrected chi connectivity index (χ4v) is 3.65. The van der Waals surface area contributed by atoms with Gasteiger partial charge in [-0.3, -0.25) is 9.59 Å². The first-order valence-corrected chi connectivity index (χ1v) is 11.2. The molecule has 2 amide bonds. The number of pyridine rings is 1. The first-order valence-electron chi connectivity index (χ1n) is 11.2. The Morgan fingerprint density at radius 3 is 2.29 bits per heavy atom. The fraction of sp³-hybridized carbons (Fsp3) is 0.360. The van der Waals surface area contributed by atoms with Crippen LogP contribution in [-0.4, -0.2) is 34.4 Å². The second-order valence-corrected chi connectivity index (χ2v) is 8.56. The molecule has 0 aliphatic carbocycles. The van der Waals surface area contributed by atoms with Crippen molar-refractivity contribution in [2.45, 2.75) is 47.2 Å². The van der Waals surface area contributed by atoms with Crippen LogP contribution in [0.2, 0.25) is 0 Å². The van der Waals surface area contributed by atoms with Crippen molar-refractivity contribution in [2.24, 2.45) is 5.92 Å². The topological polar surface area (TPSA) is 114 Å². The van der Waals surface area contributed by atoms with E-state index in [4.69, 9.17) is 4.74 Å². The summed E-state index contributed by atoms with van der Waals surface area (Å²) in [6.45, 7) is 8.18. The van der Waals surface area contributed by atoms with Crippen molar-refractivity contribution >= 4 is 45.9 Å². The number of methoxy groups -OCH3 is 1. The number of hydrogen-bond donors (Lipinski definition) is 3. The molecule has 0 atom stereocenters. The summed E-state index contributed by atoms with van der Waals surface area (Å²) < 4.78 is 6.84. The van der Waals surface area contributed by atoms with Gasteiger partial charge in [0.1, 0.15) is 5.65 Å². The lowest BCUT2D eigenvalue weighted by molar-refractivity contribution is -0.115. The zero-order chi connectivity index (χ0) is 24.8. The lowest BCUT2D eigenvalue weighted by Gasteiger charge is -2.11. The molecule has 9 nitrogen and oxygen atoms in total. The van der Waals surface area contributed by atoms with Crippen LogP contribution in [0.5, 0.6) is 0 Å². The van der Waals surface area contributed by atoms with Crippen molar-refractivity contribution in [1.29, 1.82) is 0 Å². The third kappa shape index (κ3) is 5.92. The Morgan fingerprint density at radius 1 is 1.03 bits per heavy atom. The van der Waals surface area contributed by atoms with Crippen LogP contribution in [-0.2, 0) is 27.4 Å². The Labute approximate surface area is 198 Å².